The Bertz CT molecular complexity index is 1460. The van der Waals surface area contributed by atoms with Gasteiger partial charge in [0.25, 0.3) is 0 Å². The number of hydrogen-bond donors (Lipinski definition) is 1. The highest BCUT2D eigenvalue weighted by molar-refractivity contribution is 5.81. The van der Waals surface area contributed by atoms with Gasteiger partial charge in [-0.25, -0.2) is 9.97 Å². The molecule has 37 heavy (non-hydrogen) atoms. The summed E-state index contributed by atoms with van der Waals surface area (Å²) in [7, 11) is 2.05. The van der Waals surface area contributed by atoms with Crippen molar-refractivity contribution in [3.8, 4) is 17.1 Å². The quantitative estimate of drug-likeness (QED) is 0.319. The molecule has 2 N–H and O–H groups in total. The van der Waals surface area contributed by atoms with Gasteiger partial charge >= 0.3 is 0 Å². The van der Waals surface area contributed by atoms with Crippen LogP contribution in [0, 0.1) is 0 Å². The van der Waals surface area contributed by atoms with Crippen LogP contribution in [0.5, 0.6) is 5.75 Å². The fourth-order valence-corrected chi connectivity index (χ4v) is 4.82. The number of nitrogens with zero attached hydrogens (tertiary/aromatic N) is 4. The van der Waals surface area contributed by atoms with Gasteiger partial charge in [0.1, 0.15) is 11.6 Å². The van der Waals surface area contributed by atoms with Crippen LogP contribution in [0.3, 0.4) is 0 Å². The van der Waals surface area contributed by atoms with Crippen molar-refractivity contribution in [3.63, 3.8) is 0 Å². The fraction of sp³-hybridized carbons (Fsp3) is 0.258. The van der Waals surface area contributed by atoms with Crippen LogP contribution < -0.4 is 4.98 Å². The number of pyridine rings is 2. The Balaban J connectivity index is 1.59. The second-order valence-corrected chi connectivity index (χ2v) is 10.6. The summed E-state index contributed by atoms with van der Waals surface area (Å²) in [5.74, 6) is 1.23. The normalized spacial score (nSPS) is 11.9. The molecule has 0 saturated heterocycles. The van der Waals surface area contributed by atoms with Crippen LogP contribution in [0.15, 0.2) is 85.2 Å². The van der Waals surface area contributed by atoms with Crippen molar-refractivity contribution in [1.29, 1.82) is 0 Å². The predicted molar refractivity (Wildman–Crippen MR) is 147 cm³/mol. The molecule has 0 bridgehead atoms. The van der Waals surface area contributed by atoms with Crippen LogP contribution in [0.1, 0.15) is 43.3 Å². The summed E-state index contributed by atoms with van der Waals surface area (Å²) >= 11 is 0. The molecule has 0 spiro atoms. The van der Waals surface area contributed by atoms with E-state index in [-0.39, 0.29) is 5.41 Å². The number of para-hydroxylation sites is 2. The van der Waals surface area contributed by atoms with Gasteiger partial charge in [0, 0.05) is 55.2 Å². The first kappa shape index (κ1) is 24.7. The summed E-state index contributed by atoms with van der Waals surface area (Å²) < 4.78 is 2.13. The maximum atomic E-state index is 11.5. The molecule has 0 aliphatic heterocycles. The van der Waals surface area contributed by atoms with E-state index >= 15 is 0 Å². The summed E-state index contributed by atoms with van der Waals surface area (Å²) in [6, 6.07) is 24.4. The number of aryl methyl sites for hydroxylation is 1. The molecule has 3 aromatic heterocycles. The van der Waals surface area contributed by atoms with Crippen molar-refractivity contribution in [1.82, 2.24) is 19.4 Å². The van der Waals surface area contributed by atoms with Gasteiger partial charge in [-0.3, -0.25) is 9.88 Å². The number of aromatic hydroxyl groups is 1. The van der Waals surface area contributed by atoms with E-state index in [9.17, 15) is 5.11 Å². The highest BCUT2D eigenvalue weighted by Gasteiger charge is 2.25. The Morgan fingerprint density at radius 1 is 0.919 bits per heavy atom. The van der Waals surface area contributed by atoms with E-state index in [0.717, 1.165) is 44.9 Å². The lowest BCUT2D eigenvalue weighted by Gasteiger charge is -2.26. The number of phenolic OH excluding ortho intramolecular Hbond substituents is 1. The summed E-state index contributed by atoms with van der Waals surface area (Å²) in [6.45, 7) is 8.31. The van der Waals surface area contributed by atoms with Crippen LogP contribution in [0.25, 0.3) is 22.4 Å². The molecule has 5 aromatic rings. The lowest BCUT2D eigenvalue weighted by atomic mass is 9.83. The first-order chi connectivity index (χ1) is 17.8. The van der Waals surface area contributed by atoms with Gasteiger partial charge in [-0.1, -0.05) is 45.0 Å². The number of phenols is 1. The lowest BCUT2D eigenvalue weighted by molar-refractivity contribution is -0.393. The maximum absolute atomic E-state index is 11.5. The second-order valence-electron chi connectivity index (χ2n) is 10.6. The minimum atomic E-state index is -0.238. The van der Waals surface area contributed by atoms with Crippen molar-refractivity contribution in [2.75, 3.05) is 0 Å². The average Bonchev–Trinajstić information content (AvgIpc) is 3.22. The molecule has 6 heteroatoms. The van der Waals surface area contributed by atoms with Gasteiger partial charge in [-0.15, -0.1) is 0 Å². The fourth-order valence-electron chi connectivity index (χ4n) is 4.82. The van der Waals surface area contributed by atoms with E-state index in [1.54, 1.807) is 0 Å². The number of fused-ring (bicyclic) bond motifs is 1. The summed E-state index contributed by atoms with van der Waals surface area (Å²) in [4.78, 5) is 15.1. The molecule has 0 saturated carbocycles. The highest BCUT2D eigenvalue weighted by atomic mass is 16.3. The van der Waals surface area contributed by atoms with Crippen LogP contribution >= 0.6 is 0 Å². The van der Waals surface area contributed by atoms with E-state index in [2.05, 4.69) is 64.5 Å². The zero-order valence-corrected chi connectivity index (χ0v) is 21.9. The van der Waals surface area contributed by atoms with Crippen LogP contribution in [-0.4, -0.2) is 24.5 Å². The molecule has 0 unspecified atom stereocenters. The smallest absolute Gasteiger partial charge is 0.193 e. The molecule has 2 aromatic carbocycles. The van der Waals surface area contributed by atoms with Crippen molar-refractivity contribution >= 4 is 11.0 Å². The molecule has 0 radical (unpaired) electrons. The maximum Gasteiger partial charge on any atom is 0.193 e. The highest BCUT2D eigenvalue weighted by Crippen LogP contribution is 2.38. The van der Waals surface area contributed by atoms with Gasteiger partial charge in [0.15, 0.2) is 11.9 Å². The number of aromatic nitrogens is 4. The summed E-state index contributed by atoms with van der Waals surface area (Å²) in [5.41, 5.74) is 6.68. The van der Waals surface area contributed by atoms with Crippen LogP contribution in [0.2, 0.25) is 0 Å². The zero-order chi connectivity index (χ0) is 26.0. The third-order valence-electron chi connectivity index (χ3n) is 6.72. The summed E-state index contributed by atoms with van der Waals surface area (Å²) in [6.07, 6.45) is 3.76. The Morgan fingerprint density at radius 3 is 2.41 bits per heavy atom. The van der Waals surface area contributed by atoms with E-state index in [1.807, 2.05) is 68.0 Å². The Kier molecular flexibility index (Phi) is 6.76. The number of nitrogens with one attached hydrogen (secondary N) is 1. The van der Waals surface area contributed by atoms with E-state index in [4.69, 9.17) is 4.98 Å². The second kappa shape index (κ2) is 10.1. The van der Waals surface area contributed by atoms with Gasteiger partial charge in [0.2, 0.25) is 0 Å². The molecule has 0 aliphatic carbocycles. The van der Waals surface area contributed by atoms with Gasteiger partial charge in [-0.05, 0) is 41.8 Å². The molecule has 0 amide bonds. The van der Waals surface area contributed by atoms with Gasteiger partial charge in [-0.2, -0.15) is 0 Å². The first-order valence-corrected chi connectivity index (χ1v) is 12.7. The molecule has 0 atom stereocenters. The molecular formula is C31H34N5O+. The number of rotatable bonds is 7. The average molecular weight is 493 g/mol. The van der Waals surface area contributed by atoms with Crippen LogP contribution in [0.4, 0.5) is 0 Å². The minimum Gasteiger partial charge on any atom is -0.507 e. The number of hydrogen-bond acceptors (Lipinski definition) is 4. The number of aromatic amines is 1. The minimum absolute atomic E-state index is 0.238. The molecular weight excluding hydrogens is 458 g/mol. The van der Waals surface area contributed by atoms with Gasteiger partial charge < -0.3 is 9.67 Å². The topological polar surface area (TPSA) is 68.3 Å². The van der Waals surface area contributed by atoms with E-state index in [1.165, 1.54) is 0 Å². The zero-order valence-electron chi connectivity index (χ0n) is 21.9. The standard InChI is InChI=1S/C31H33N5O/c1-31(2,3)26-18-22(30-34-27-13-5-6-14-28(27)35(30)4)17-23(29(26)37)19-36(20-24-11-7-9-15-32-24)21-25-12-8-10-16-33-25/h5-18,37H,19-21H2,1-4H3/p+1. The third kappa shape index (κ3) is 5.39. The van der Waals surface area contributed by atoms with E-state index < -0.39 is 0 Å². The van der Waals surface area contributed by atoms with Crippen molar-refractivity contribution in [2.24, 2.45) is 7.05 Å². The van der Waals surface area contributed by atoms with E-state index in [0.29, 0.717) is 25.4 Å². The van der Waals surface area contributed by atoms with Crippen molar-refractivity contribution in [3.05, 3.63) is 108 Å². The molecule has 0 fully saturated rings. The number of benzene rings is 2. The van der Waals surface area contributed by atoms with Crippen molar-refractivity contribution in [2.45, 2.75) is 45.8 Å². The molecule has 6 nitrogen and oxygen atoms in total. The Hall–Kier alpha value is -4.03. The third-order valence-corrected chi connectivity index (χ3v) is 6.72. The molecule has 3 heterocycles. The molecule has 0 aliphatic rings. The number of H-pyrrole nitrogens is 1. The van der Waals surface area contributed by atoms with Crippen LogP contribution in [-0.2, 0) is 32.1 Å². The monoisotopic (exact) mass is 492 g/mol. The SMILES string of the molecule is Cn1c(-c2cc(CN(Cc3ccccn3)Cc3cccc[nH+]3)c(O)c(C(C)(C)C)c2)nc2ccccc21. The molecule has 188 valence electrons. The predicted octanol–water partition coefficient (Wildman–Crippen LogP) is 5.65. The largest absolute Gasteiger partial charge is 0.507 e. The Labute approximate surface area is 218 Å². The Morgan fingerprint density at radius 2 is 1.70 bits per heavy atom. The number of imidazole rings is 1. The van der Waals surface area contributed by atoms with Gasteiger partial charge in [0.05, 0.1) is 23.3 Å². The first-order valence-electron chi connectivity index (χ1n) is 12.7. The summed E-state index contributed by atoms with van der Waals surface area (Å²) in [5, 5.41) is 11.5. The lowest BCUT2D eigenvalue weighted by Crippen LogP contribution is -2.27. The molecule has 5 rings (SSSR count). The van der Waals surface area contributed by atoms with Crippen molar-refractivity contribution < 1.29 is 10.1 Å².